The number of ether oxygens (including phenoxy) is 1. The van der Waals surface area contributed by atoms with Crippen LogP contribution in [0.25, 0.3) is 0 Å². The number of hydrogen-bond acceptors (Lipinski definition) is 3. The highest BCUT2D eigenvalue weighted by Crippen LogP contribution is 2.16. The van der Waals surface area contributed by atoms with E-state index in [1.54, 1.807) is 55.6 Å². The smallest absolute Gasteiger partial charge is 0.319 e. The van der Waals surface area contributed by atoms with E-state index >= 15 is 0 Å². The lowest BCUT2D eigenvalue weighted by Gasteiger charge is -2.09. The molecular formula is C17H19N3O3. The third-order valence-electron chi connectivity index (χ3n) is 3.06. The molecule has 120 valence electrons. The largest absolute Gasteiger partial charge is 0.497 e. The van der Waals surface area contributed by atoms with Crippen LogP contribution in [0, 0.1) is 0 Å². The summed E-state index contributed by atoms with van der Waals surface area (Å²) in [5.74, 6) is 0.499. The van der Waals surface area contributed by atoms with Crippen molar-refractivity contribution in [3.8, 4) is 5.75 Å². The van der Waals surface area contributed by atoms with Crippen molar-refractivity contribution in [3.05, 3.63) is 60.2 Å². The second kappa shape index (κ2) is 8.43. The fourth-order valence-corrected chi connectivity index (χ4v) is 1.92. The summed E-state index contributed by atoms with van der Waals surface area (Å²) in [5, 5.41) is 8.10. The van der Waals surface area contributed by atoms with Crippen molar-refractivity contribution >= 4 is 17.6 Å². The summed E-state index contributed by atoms with van der Waals surface area (Å²) in [7, 11) is 1.56. The van der Waals surface area contributed by atoms with Gasteiger partial charge in [0.25, 0.3) is 5.91 Å². The van der Waals surface area contributed by atoms with Gasteiger partial charge in [0.05, 0.1) is 7.11 Å². The van der Waals surface area contributed by atoms with Gasteiger partial charge in [0.2, 0.25) is 0 Å². The Morgan fingerprint density at radius 3 is 2.43 bits per heavy atom. The van der Waals surface area contributed by atoms with Gasteiger partial charge in [-0.25, -0.2) is 4.79 Å². The number of carbonyl (C=O) groups is 2. The van der Waals surface area contributed by atoms with Crippen LogP contribution in [-0.2, 0) is 0 Å². The topological polar surface area (TPSA) is 79.5 Å². The molecule has 6 heteroatoms. The normalized spacial score (nSPS) is 9.78. The van der Waals surface area contributed by atoms with Crippen LogP contribution >= 0.6 is 0 Å². The van der Waals surface area contributed by atoms with Crippen molar-refractivity contribution in [2.45, 2.75) is 0 Å². The summed E-state index contributed by atoms with van der Waals surface area (Å²) < 4.78 is 5.08. The first kappa shape index (κ1) is 16.4. The average Bonchev–Trinajstić information content (AvgIpc) is 2.59. The van der Waals surface area contributed by atoms with Crippen molar-refractivity contribution in [1.82, 2.24) is 10.6 Å². The zero-order valence-electron chi connectivity index (χ0n) is 12.8. The number of methoxy groups -OCH3 is 1. The molecular weight excluding hydrogens is 294 g/mol. The van der Waals surface area contributed by atoms with Gasteiger partial charge in [-0.3, -0.25) is 4.79 Å². The van der Waals surface area contributed by atoms with Gasteiger partial charge in [0, 0.05) is 30.4 Å². The zero-order valence-corrected chi connectivity index (χ0v) is 12.8. The molecule has 6 nitrogen and oxygen atoms in total. The summed E-state index contributed by atoms with van der Waals surface area (Å²) in [6.45, 7) is 0.674. The van der Waals surface area contributed by atoms with Crippen LogP contribution in [0.3, 0.4) is 0 Å². The number of anilines is 1. The molecule has 0 saturated heterocycles. The first-order valence-electron chi connectivity index (χ1n) is 7.21. The maximum absolute atomic E-state index is 11.8. The molecule has 3 N–H and O–H groups in total. The summed E-state index contributed by atoms with van der Waals surface area (Å²) in [6, 6.07) is 15.6. The molecule has 0 aromatic heterocycles. The highest BCUT2D eigenvalue weighted by atomic mass is 16.5. The number of amides is 3. The maximum Gasteiger partial charge on any atom is 0.319 e. The first-order valence-corrected chi connectivity index (χ1v) is 7.21. The van der Waals surface area contributed by atoms with Crippen LogP contribution < -0.4 is 20.7 Å². The lowest BCUT2D eigenvalue weighted by molar-refractivity contribution is 0.0954. The summed E-state index contributed by atoms with van der Waals surface area (Å²) in [5.41, 5.74) is 1.23. The van der Waals surface area contributed by atoms with Gasteiger partial charge in [0.15, 0.2) is 0 Å². The zero-order chi connectivity index (χ0) is 16.5. The molecule has 2 aromatic carbocycles. The Bertz CT molecular complexity index is 659. The molecule has 0 heterocycles. The Kier molecular flexibility index (Phi) is 5.99. The Balaban J connectivity index is 1.69. The van der Waals surface area contributed by atoms with Gasteiger partial charge in [-0.2, -0.15) is 0 Å². The van der Waals surface area contributed by atoms with E-state index in [1.165, 1.54) is 0 Å². The van der Waals surface area contributed by atoms with Gasteiger partial charge in [0.1, 0.15) is 5.75 Å². The van der Waals surface area contributed by atoms with Crippen LogP contribution in [0.2, 0.25) is 0 Å². The molecule has 2 rings (SSSR count). The quantitative estimate of drug-likeness (QED) is 0.716. The molecule has 0 atom stereocenters. The predicted molar refractivity (Wildman–Crippen MR) is 88.8 cm³/mol. The molecule has 0 aliphatic rings. The second-order valence-electron chi connectivity index (χ2n) is 4.73. The minimum atomic E-state index is -0.341. The second-order valence-corrected chi connectivity index (χ2v) is 4.73. The minimum Gasteiger partial charge on any atom is -0.497 e. The van der Waals surface area contributed by atoms with Gasteiger partial charge in [-0.15, -0.1) is 0 Å². The van der Waals surface area contributed by atoms with Crippen molar-refractivity contribution in [3.63, 3.8) is 0 Å². The lowest BCUT2D eigenvalue weighted by atomic mass is 10.2. The third kappa shape index (κ3) is 5.35. The van der Waals surface area contributed by atoms with E-state index < -0.39 is 0 Å². The molecule has 0 unspecified atom stereocenters. The summed E-state index contributed by atoms with van der Waals surface area (Å²) in [6.07, 6.45) is 0. The SMILES string of the molecule is COc1cccc(NC(=O)NCCNC(=O)c2ccccc2)c1. The highest BCUT2D eigenvalue weighted by Gasteiger charge is 2.05. The third-order valence-corrected chi connectivity index (χ3v) is 3.06. The van der Waals surface area contributed by atoms with Crippen molar-refractivity contribution in [2.75, 3.05) is 25.5 Å². The fraction of sp³-hybridized carbons (Fsp3) is 0.176. The van der Waals surface area contributed by atoms with Crippen LogP contribution in [0.15, 0.2) is 54.6 Å². The number of urea groups is 1. The monoisotopic (exact) mass is 313 g/mol. The molecule has 0 aliphatic carbocycles. The lowest BCUT2D eigenvalue weighted by Crippen LogP contribution is -2.36. The Morgan fingerprint density at radius 1 is 0.957 bits per heavy atom. The van der Waals surface area contributed by atoms with Gasteiger partial charge >= 0.3 is 6.03 Å². The number of hydrogen-bond donors (Lipinski definition) is 3. The molecule has 0 fully saturated rings. The van der Waals surface area contributed by atoms with Crippen LogP contribution in [0.1, 0.15) is 10.4 Å². The number of nitrogens with one attached hydrogen (secondary N) is 3. The summed E-state index contributed by atoms with van der Waals surface area (Å²) in [4.78, 5) is 23.5. The van der Waals surface area contributed by atoms with Gasteiger partial charge in [-0.1, -0.05) is 24.3 Å². The molecule has 0 aliphatic heterocycles. The van der Waals surface area contributed by atoms with E-state index in [0.29, 0.717) is 30.1 Å². The van der Waals surface area contributed by atoms with Crippen LogP contribution in [0.4, 0.5) is 10.5 Å². The molecule has 0 bridgehead atoms. The Labute approximate surface area is 134 Å². The van der Waals surface area contributed by atoms with Crippen molar-refractivity contribution in [2.24, 2.45) is 0 Å². The molecule has 3 amide bonds. The Morgan fingerprint density at radius 2 is 1.70 bits per heavy atom. The molecule has 0 saturated carbocycles. The minimum absolute atomic E-state index is 0.166. The molecule has 2 aromatic rings. The van der Waals surface area contributed by atoms with E-state index in [2.05, 4.69) is 16.0 Å². The van der Waals surface area contributed by atoms with E-state index in [-0.39, 0.29) is 11.9 Å². The van der Waals surface area contributed by atoms with E-state index in [1.807, 2.05) is 6.07 Å². The Hall–Kier alpha value is -3.02. The van der Waals surface area contributed by atoms with E-state index in [0.717, 1.165) is 0 Å². The van der Waals surface area contributed by atoms with Crippen molar-refractivity contribution in [1.29, 1.82) is 0 Å². The van der Waals surface area contributed by atoms with E-state index in [9.17, 15) is 9.59 Å². The van der Waals surface area contributed by atoms with E-state index in [4.69, 9.17) is 4.74 Å². The van der Waals surface area contributed by atoms with Crippen molar-refractivity contribution < 1.29 is 14.3 Å². The maximum atomic E-state index is 11.8. The van der Waals surface area contributed by atoms with Gasteiger partial charge in [-0.05, 0) is 24.3 Å². The fourth-order valence-electron chi connectivity index (χ4n) is 1.92. The predicted octanol–water partition coefficient (Wildman–Crippen LogP) is 2.25. The molecule has 0 radical (unpaired) electrons. The summed E-state index contributed by atoms with van der Waals surface area (Å²) >= 11 is 0. The molecule has 23 heavy (non-hydrogen) atoms. The standard InChI is InChI=1S/C17H19N3O3/c1-23-15-9-5-8-14(12-15)20-17(22)19-11-10-18-16(21)13-6-3-2-4-7-13/h2-9,12H,10-11H2,1H3,(H,18,21)(H2,19,20,22). The van der Waals surface area contributed by atoms with Gasteiger partial charge < -0.3 is 20.7 Å². The highest BCUT2D eigenvalue weighted by molar-refractivity contribution is 5.94. The average molecular weight is 313 g/mol. The number of benzene rings is 2. The first-order chi connectivity index (χ1) is 11.2. The van der Waals surface area contributed by atoms with Crippen LogP contribution in [-0.4, -0.2) is 32.1 Å². The van der Waals surface area contributed by atoms with Crippen LogP contribution in [0.5, 0.6) is 5.75 Å². The number of rotatable bonds is 6. The molecule has 0 spiro atoms. The number of carbonyl (C=O) groups excluding carboxylic acids is 2.